The summed E-state index contributed by atoms with van der Waals surface area (Å²) in [4.78, 5) is 10.3. The zero-order valence-electron chi connectivity index (χ0n) is 4.93. The minimum atomic E-state index is -2.27. The van der Waals surface area contributed by atoms with Crippen molar-refractivity contribution in [1.82, 2.24) is 0 Å². The zero-order valence-corrected chi connectivity index (χ0v) is 6.44. The van der Waals surface area contributed by atoms with Crippen molar-refractivity contribution in [3.05, 3.63) is 0 Å². The lowest BCUT2D eigenvalue weighted by Gasteiger charge is -2.20. The van der Waals surface area contributed by atoms with Crippen molar-refractivity contribution < 1.29 is 19.4 Å². The molecule has 1 rings (SSSR count). The molecule has 0 aromatic rings. The smallest absolute Gasteiger partial charge is 0.403 e. The van der Waals surface area contributed by atoms with Crippen LogP contribution in [0, 0.1) is 0 Å². The first-order chi connectivity index (χ1) is 4.35. The van der Waals surface area contributed by atoms with Gasteiger partial charge in [0.25, 0.3) is 5.06 Å². The van der Waals surface area contributed by atoms with E-state index in [9.17, 15) is 4.79 Å². The fraction of sp³-hybridized carbons (Fsp3) is 0.750. The summed E-state index contributed by atoms with van der Waals surface area (Å²) in [6, 6.07) is 0. The highest BCUT2D eigenvalue weighted by molar-refractivity contribution is 6.33. The van der Waals surface area contributed by atoms with E-state index in [0.717, 1.165) is 0 Å². The van der Waals surface area contributed by atoms with Gasteiger partial charge in [0.05, 0.1) is 0 Å². The van der Waals surface area contributed by atoms with E-state index in [-0.39, 0.29) is 0 Å². The molecule has 0 aromatic carbocycles. The molecule has 6 heteroatoms. The molecular formula is C4H4Cl2O4. The average molecular weight is 187 g/mol. The summed E-state index contributed by atoms with van der Waals surface area (Å²) in [5.41, 5.74) is 0. The molecule has 1 heterocycles. The van der Waals surface area contributed by atoms with Crippen molar-refractivity contribution in [3.63, 3.8) is 0 Å². The normalized spacial score (nSPS) is 46.6. The number of carbonyl (C=O) groups is 1. The Bertz CT molecular complexity index is 158. The van der Waals surface area contributed by atoms with Crippen LogP contribution in [-0.2, 0) is 9.47 Å². The highest BCUT2D eigenvalue weighted by Crippen LogP contribution is 2.40. The molecule has 0 aromatic heterocycles. The predicted octanol–water partition coefficient (Wildman–Crippen LogP) is 0.993. The van der Waals surface area contributed by atoms with Crippen molar-refractivity contribution in [2.75, 3.05) is 0 Å². The quantitative estimate of drug-likeness (QED) is 0.453. The Labute approximate surface area is 66.6 Å². The first kappa shape index (κ1) is 7.91. The van der Waals surface area contributed by atoms with E-state index >= 15 is 0 Å². The van der Waals surface area contributed by atoms with Crippen LogP contribution in [-0.4, -0.2) is 21.6 Å². The topological polar surface area (TPSA) is 55.8 Å². The van der Waals surface area contributed by atoms with Gasteiger partial charge in [-0.2, -0.15) is 0 Å². The van der Waals surface area contributed by atoms with E-state index in [1.54, 1.807) is 0 Å². The zero-order chi connectivity index (χ0) is 7.99. The van der Waals surface area contributed by atoms with Gasteiger partial charge in [-0.05, 0) is 18.5 Å². The number of halogens is 2. The Balaban J connectivity index is 2.88. The van der Waals surface area contributed by atoms with Gasteiger partial charge < -0.3 is 14.6 Å². The molecular weight excluding hydrogens is 183 g/mol. The number of aliphatic hydroxyl groups is 1. The molecule has 0 amide bonds. The van der Waals surface area contributed by atoms with Crippen molar-refractivity contribution in [1.29, 1.82) is 0 Å². The van der Waals surface area contributed by atoms with Crippen LogP contribution in [0.25, 0.3) is 0 Å². The van der Waals surface area contributed by atoms with Gasteiger partial charge in [-0.25, -0.2) is 4.79 Å². The minimum Gasteiger partial charge on any atom is -0.403 e. The third kappa shape index (κ3) is 1.02. The molecule has 4 nitrogen and oxygen atoms in total. The third-order valence-electron chi connectivity index (χ3n) is 1.04. The van der Waals surface area contributed by atoms with Gasteiger partial charge in [0.15, 0.2) is 0 Å². The van der Waals surface area contributed by atoms with Gasteiger partial charge in [0.2, 0.25) is 0 Å². The van der Waals surface area contributed by atoms with Crippen LogP contribution in [0.4, 0.5) is 4.79 Å². The standard InChI is InChI=1S/C4H4Cl2O4/c1-3(5)4(6,8)10-2(7)9-3/h8H,1H3. The molecule has 2 unspecified atom stereocenters. The number of carbonyl (C=O) groups excluding carboxylic acids is 1. The van der Waals surface area contributed by atoms with Gasteiger partial charge in [-0.15, -0.1) is 0 Å². The number of rotatable bonds is 0. The molecule has 0 spiro atoms. The van der Waals surface area contributed by atoms with Gasteiger partial charge >= 0.3 is 11.4 Å². The summed E-state index contributed by atoms with van der Waals surface area (Å²) >= 11 is 10.6. The van der Waals surface area contributed by atoms with E-state index < -0.39 is 16.5 Å². The Morgan fingerprint density at radius 3 is 2.10 bits per heavy atom. The Morgan fingerprint density at radius 1 is 1.50 bits per heavy atom. The summed E-state index contributed by atoms with van der Waals surface area (Å²) < 4.78 is 8.38. The molecule has 0 radical (unpaired) electrons. The van der Waals surface area contributed by atoms with E-state index in [4.69, 9.17) is 28.3 Å². The first-order valence-electron chi connectivity index (χ1n) is 2.37. The Hall–Kier alpha value is -0.190. The number of alkyl halides is 2. The second kappa shape index (κ2) is 1.90. The van der Waals surface area contributed by atoms with Crippen LogP contribution in [0.15, 0.2) is 0 Å². The van der Waals surface area contributed by atoms with Gasteiger partial charge in [0, 0.05) is 0 Å². The lowest BCUT2D eigenvalue weighted by atomic mass is 10.4. The number of ether oxygens (including phenoxy) is 2. The molecule has 1 aliphatic rings. The monoisotopic (exact) mass is 186 g/mol. The highest BCUT2D eigenvalue weighted by atomic mass is 35.5. The van der Waals surface area contributed by atoms with E-state index in [0.29, 0.717) is 0 Å². The van der Waals surface area contributed by atoms with Gasteiger partial charge in [0.1, 0.15) is 0 Å². The molecule has 58 valence electrons. The molecule has 1 fully saturated rings. The maximum absolute atomic E-state index is 10.3. The first-order valence-corrected chi connectivity index (χ1v) is 3.13. The van der Waals surface area contributed by atoms with Crippen molar-refractivity contribution in [2.45, 2.75) is 17.2 Å². The lowest BCUT2D eigenvalue weighted by molar-refractivity contribution is -0.0975. The Morgan fingerprint density at radius 2 is 2.00 bits per heavy atom. The van der Waals surface area contributed by atoms with Crippen LogP contribution in [0.1, 0.15) is 6.92 Å². The summed E-state index contributed by atoms with van der Waals surface area (Å²) in [5.74, 6) is 0. The molecule has 2 atom stereocenters. The average Bonchev–Trinajstić information content (AvgIpc) is 1.73. The second-order valence-electron chi connectivity index (χ2n) is 1.93. The maximum Gasteiger partial charge on any atom is 0.513 e. The molecule has 0 bridgehead atoms. The summed E-state index contributed by atoms with van der Waals surface area (Å²) in [7, 11) is 0. The molecule has 1 saturated heterocycles. The molecule has 0 aliphatic carbocycles. The van der Waals surface area contributed by atoms with Crippen molar-refractivity contribution >= 4 is 29.4 Å². The fourth-order valence-electron chi connectivity index (χ4n) is 0.442. The largest absolute Gasteiger partial charge is 0.513 e. The van der Waals surface area contributed by atoms with Crippen LogP contribution in [0.5, 0.6) is 0 Å². The number of cyclic esters (lactones) is 2. The summed E-state index contributed by atoms with van der Waals surface area (Å²) in [6.07, 6.45) is -1.09. The van der Waals surface area contributed by atoms with Crippen LogP contribution in [0.2, 0.25) is 0 Å². The third-order valence-corrected chi connectivity index (χ3v) is 1.91. The van der Waals surface area contributed by atoms with Crippen LogP contribution < -0.4 is 0 Å². The van der Waals surface area contributed by atoms with Crippen molar-refractivity contribution in [2.24, 2.45) is 0 Å². The molecule has 1 aliphatic heterocycles. The molecule has 1 N–H and O–H groups in total. The van der Waals surface area contributed by atoms with E-state index in [2.05, 4.69) is 9.47 Å². The molecule has 10 heavy (non-hydrogen) atoms. The SMILES string of the molecule is CC1(Cl)OC(=O)OC1(O)Cl. The number of hydrogen-bond acceptors (Lipinski definition) is 4. The van der Waals surface area contributed by atoms with E-state index in [1.165, 1.54) is 6.92 Å². The molecule has 0 saturated carbocycles. The van der Waals surface area contributed by atoms with Crippen molar-refractivity contribution in [3.8, 4) is 0 Å². The predicted molar refractivity (Wildman–Crippen MR) is 32.6 cm³/mol. The van der Waals surface area contributed by atoms with Gasteiger partial charge in [-0.3, -0.25) is 0 Å². The summed E-state index contributed by atoms with van der Waals surface area (Å²) in [5, 5.41) is 4.97. The van der Waals surface area contributed by atoms with E-state index in [1.807, 2.05) is 0 Å². The van der Waals surface area contributed by atoms with Crippen LogP contribution >= 0.6 is 23.2 Å². The highest BCUT2D eigenvalue weighted by Gasteiger charge is 2.58. The number of hydrogen-bond donors (Lipinski definition) is 1. The fourth-order valence-corrected chi connectivity index (χ4v) is 0.645. The maximum atomic E-state index is 10.3. The Kier molecular flexibility index (Phi) is 1.50. The lowest BCUT2D eigenvalue weighted by Crippen LogP contribution is -2.39. The van der Waals surface area contributed by atoms with Crippen LogP contribution in [0.3, 0.4) is 0 Å². The second-order valence-corrected chi connectivity index (χ2v) is 3.17. The van der Waals surface area contributed by atoms with Gasteiger partial charge in [-0.1, -0.05) is 11.6 Å². The minimum absolute atomic E-state index is 1.09. The summed E-state index contributed by atoms with van der Waals surface area (Å²) in [6.45, 7) is 1.21.